The van der Waals surface area contributed by atoms with Crippen LogP contribution >= 0.6 is 0 Å². The molecular formula is C18H14N4O. The molecule has 1 amide bonds. The molecule has 1 aliphatic rings. The van der Waals surface area contributed by atoms with Gasteiger partial charge in [0.25, 0.3) is 5.91 Å². The average Bonchev–Trinajstić information content (AvgIpc) is 3.21. The number of aliphatic imine (C=N–C) groups is 1. The Kier molecular flexibility index (Phi) is 3.24. The average molecular weight is 302 g/mol. The predicted octanol–water partition coefficient (Wildman–Crippen LogP) is 3.34. The second-order valence-electron chi connectivity index (χ2n) is 5.34. The van der Waals surface area contributed by atoms with E-state index in [4.69, 9.17) is 0 Å². The summed E-state index contributed by atoms with van der Waals surface area (Å²) in [5.41, 5.74) is 5.04. The third kappa shape index (κ3) is 2.53. The fourth-order valence-electron chi connectivity index (χ4n) is 2.66. The van der Waals surface area contributed by atoms with Crippen molar-refractivity contribution < 1.29 is 4.79 Å². The number of rotatable bonds is 3. The molecule has 0 radical (unpaired) electrons. The minimum absolute atomic E-state index is 0.163. The topological polar surface area (TPSA) is 70.1 Å². The molecule has 3 aromatic rings. The number of hydrogen-bond donors (Lipinski definition) is 2. The Morgan fingerprint density at radius 1 is 1.04 bits per heavy atom. The van der Waals surface area contributed by atoms with E-state index in [9.17, 15) is 4.79 Å². The molecule has 2 heterocycles. The number of amides is 1. The van der Waals surface area contributed by atoms with Gasteiger partial charge in [-0.25, -0.2) is 0 Å². The van der Waals surface area contributed by atoms with E-state index in [-0.39, 0.29) is 5.91 Å². The van der Waals surface area contributed by atoms with E-state index in [1.165, 1.54) is 5.56 Å². The summed E-state index contributed by atoms with van der Waals surface area (Å²) < 4.78 is 0. The number of nitrogens with zero attached hydrogens (tertiary/aromatic N) is 2. The number of nitrogens with one attached hydrogen (secondary N) is 2. The molecule has 1 aromatic heterocycles. The van der Waals surface area contributed by atoms with Gasteiger partial charge in [-0.3, -0.25) is 14.9 Å². The van der Waals surface area contributed by atoms with E-state index in [1.807, 2.05) is 36.4 Å². The van der Waals surface area contributed by atoms with Crippen LogP contribution < -0.4 is 5.32 Å². The van der Waals surface area contributed by atoms with Crippen molar-refractivity contribution in [3.63, 3.8) is 0 Å². The summed E-state index contributed by atoms with van der Waals surface area (Å²) in [4.78, 5) is 16.9. The molecule has 2 aromatic carbocycles. The van der Waals surface area contributed by atoms with Crippen LogP contribution in [0, 0.1) is 0 Å². The van der Waals surface area contributed by atoms with Crippen LogP contribution in [0.4, 0.5) is 11.4 Å². The maximum atomic E-state index is 12.3. The van der Waals surface area contributed by atoms with Crippen LogP contribution in [0.2, 0.25) is 0 Å². The molecular weight excluding hydrogens is 288 g/mol. The molecule has 0 atom stereocenters. The molecule has 0 bridgehead atoms. The number of benzene rings is 2. The first-order valence-electron chi connectivity index (χ1n) is 7.37. The van der Waals surface area contributed by atoms with E-state index in [0.29, 0.717) is 11.3 Å². The van der Waals surface area contributed by atoms with Crippen molar-refractivity contribution in [3.8, 4) is 0 Å². The Balaban J connectivity index is 1.60. The maximum Gasteiger partial charge on any atom is 0.255 e. The summed E-state index contributed by atoms with van der Waals surface area (Å²) in [6, 6.07) is 17.1. The Bertz CT molecular complexity index is 896. The van der Waals surface area contributed by atoms with Gasteiger partial charge in [0.1, 0.15) is 5.69 Å². The molecule has 0 unspecified atom stereocenters. The van der Waals surface area contributed by atoms with Crippen LogP contribution in [0.25, 0.3) is 0 Å². The van der Waals surface area contributed by atoms with Crippen LogP contribution in [0.1, 0.15) is 21.6 Å². The number of carbonyl (C=O) groups excluding carboxylic acids is 1. The van der Waals surface area contributed by atoms with Gasteiger partial charge < -0.3 is 5.32 Å². The predicted molar refractivity (Wildman–Crippen MR) is 89.3 cm³/mol. The lowest BCUT2D eigenvalue weighted by Gasteiger charge is -2.05. The van der Waals surface area contributed by atoms with Crippen molar-refractivity contribution in [2.45, 2.75) is 6.42 Å². The van der Waals surface area contributed by atoms with Crippen molar-refractivity contribution in [1.29, 1.82) is 0 Å². The fourth-order valence-corrected chi connectivity index (χ4v) is 2.66. The van der Waals surface area contributed by atoms with Gasteiger partial charge in [0, 0.05) is 12.0 Å². The number of H-pyrrole nitrogens is 1. The van der Waals surface area contributed by atoms with Crippen LogP contribution in [-0.4, -0.2) is 21.8 Å². The van der Waals surface area contributed by atoms with Crippen LogP contribution in [-0.2, 0) is 6.42 Å². The summed E-state index contributed by atoms with van der Waals surface area (Å²) in [6.07, 6.45) is 2.34. The monoisotopic (exact) mass is 302 g/mol. The number of hydrogen-bond acceptors (Lipinski definition) is 3. The molecule has 1 aliphatic heterocycles. The van der Waals surface area contributed by atoms with Gasteiger partial charge in [0.2, 0.25) is 0 Å². The molecule has 23 heavy (non-hydrogen) atoms. The largest absolute Gasteiger partial charge is 0.319 e. The van der Waals surface area contributed by atoms with Crippen molar-refractivity contribution in [2.75, 3.05) is 5.32 Å². The van der Waals surface area contributed by atoms with Crippen molar-refractivity contribution in [3.05, 3.63) is 77.6 Å². The molecule has 0 aliphatic carbocycles. The Morgan fingerprint density at radius 2 is 1.83 bits per heavy atom. The van der Waals surface area contributed by atoms with Gasteiger partial charge in [-0.05, 0) is 23.8 Å². The molecule has 0 fully saturated rings. The zero-order valence-electron chi connectivity index (χ0n) is 12.3. The summed E-state index contributed by atoms with van der Waals surface area (Å²) >= 11 is 0. The number of fused-ring (bicyclic) bond motifs is 1. The first-order chi connectivity index (χ1) is 11.3. The standard InChI is InChI=1S/C18H14N4O/c23-18(12-6-2-1-3-7-12)21-16-11-19-22-17(16)15-10-13-8-4-5-9-14(13)20-15/h1-9,11H,10H2,(H,19,22)(H,21,23). The zero-order chi connectivity index (χ0) is 15.6. The highest BCUT2D eigenvalue weighted by Crippen LogP contribution is 2.29. The van der Waals surface area contributed by atoms with Gasteiger partial charge in [-0.15, -0.1) is 0 Å². The summed E-state index contributed by atoms with van der Waals surface area (Å²) in [5, 5.41) is 9.90. The summed E-state index contributed by atoms with van der Waals surface area (Å²) in [6.45, 7) is 0. The number of anilines is 1. The highest BCUT2D eigenvalue weighted by Gasteiger charge is 2.20. The summed E-state index contributed by atoms with van der Waals surface area (Å²) in [7, 11) is 0. The van der Waals surface area contributed by atoms with E-state index >= 15 is 0 Å². The zero-order valence-corrected chi connectivity index (χ0v) is 12.3. The molecule has 0 saturated carbocycles. The van der Waals surface area contributed by atoms with Crippen molar-refractivity contribution in [2.24, 2.45) is 4.99 Å². The molecule has 5 heteroatoms. The van der Waals surface area contributed by atoms with Crippen molar-refractivity contribution >= 4 is 23.0 Å². The molecule has 4 rings (SSSR count). The van der Waals surface area contributed by atoms with Gasteiger partial charge >= 0.3 is 0 Å². The number of para-hydroxylation sites is 1. The number of carbonyl (C=O) groups is 1. The van der Waals surface area contributed by atoms with E-state index in [1.54, 1.807) is 18.3 Å². The van der Waals surface area contributed by atoms with Crippen LogP contribution in [0.5, 0.6) is 0 Å². The minimum Gasteiger partial charge on any atom is -0.319 e. The van der Waals surface area contributed by atoms with E-state index in [0.717, 1.165) is 23.5 Å². The van der Waals surface area contributed by atoms with Gasteiger partial charge in [-0.2, -0.15) is 5.10 Å². The highest BCUT2D eigenvalue weighted by molar-refractivity contribution is 6.12. The summed E-state index contributed by atoms with van der Waals surface area (Å²) in [5.74, 6) is -0.163. The number of aromatic amines is 1. The Morgan fingerprint density at radius 3 is 2.65 bits per heavy atom. The quantitative estimate of drug-likeness (QED) is 0.779. The Hall–Kier alpha value is -3.21. The van der Waals surface area contributed by atoms with Crippen molar-refractivity contribution in [1.82, 2.24) is 10.2 Å². The first kappa shape index (κ1) is 13.5. The maximum absolute atomic E-state index is 12.3. The van der Waals surface area contributed by atoms with Crippen LogP contribution in [0.15, 0.2) is 65.8 Å². The van der Waals surface area contributed by atoms with E-state index < -0.39 is 0 Å². The SMILES string of the molecule is O=C(Nc1cn[nH]c1C1=Nc2ccccc2C1)c1ccccc1. The molecule has 0 spiro atoms. The third-order valence-electron chi connectivity index (χ3n) is 3.82. The normalized spacial score (nSPS) is 12.6. The molecule has 2 N–H and O–H groups in total. The van der Waals surface area contributed by atoms with E-state index in [2.05, 4.69) is 26.6 Å². The molecule has 5 nitrogen and oxygen atoms in total. The molecule has 112 valence electrons. The highest BCUT2D eigenvalue weighted by atomic mass is 16.1. The molecule has 0 saturated heterocycles. The van der Waals surface area contributed by atoms with Gasteiger partial charge in [0.15, 0.2) is 0 Å². The van der Waals surface area contributed by atoms with Gasteiger partial charge in [-0.1, -0.05) is 36.4 Å². The number of aromatic nitrogens is 2. The lowest BCUT2D eigenvalue weighted by atomic mass is 10.1. The third-order valence-corrected chi connectivity index (χ3v) is 3.82. The lowest BCUT2D eigenvalue weighted by molar-refractivity contribution is 0.102. The lowest BCUT2D eigenvalue weighted by Crippen LogP contribution is -2.14. The second kappa shape index (κ2) is 5.53. The Labute approximate surface area is 133 Å². The van der Waals surface area contributed by atoms with Gasteiger partial charge in [0.05, 0.1) is 23.3 Å². The second-order valence-corrected chi connectivity index (χ2v) is 5.34. The smallest absolute Gasteiger partial charge is 0.255 e. The minimum atomic E-state index is -0.163. The fraction of sp³-hybridized carbons (Fsp3) is 0.0556. The van der Waals surface area contributed by atoms with Crippen LogP contribution in [0.3, 0.4) is 0 Å². The first-order valence-corrected chi connectivity index (χ1v) is 7.37.